The number of nitrogens with zero attached hydrogens (tertiary/aromatic N) is 1. The van der Waals surface area contributed by atoms with Crippen molar-refractivity contribution in [3.05, 3.63) is 71.8 Å². The summed E-state index contributed by atoms with van der Waals surface area (Å²) < 4.78 is 0. The molecule has 2 radical (unpaired) electrons. The summed E-state index contributed by atoms with van der Waals surface area (Å²) in [6.07, 6.45) is 3.39. The fourth-order valence-corrected chi connectivity index (χ4v) is 4.30. The van der Waals surface area contributed by atoms with Gasteiger partial charge in [-0.25, -0.2) is 0 Å². The van der Waals surface area contributed by atoms with Crippen LogP contribution in [0.15, 0.2) is 60.7 Å². The quantitative estimate of drug-likeness (QED) is 0.341. The fourth-order valence-electron chi connectivity index (χ4n) is 4.30. The second kappa shape index (κ2) is 21.7. The van der Waals surface area contributed by atoms with Crippen LogP contribution in [0.1, 0.15) is 78.9 Å². The molecule has 1 aliphatic heterocycles. The van der Waals surface area contributed by atoms with E-state index in [4.69, 9.17) is 5.73 Å². The van der Waals surface area contributed by atoms with Crippen molar-refractivity contribution >= 4 is 5.91 Å². The summed E-state index contributed by atoms with van der Waals surface area (Å²) >= 11 is 0. The van der Waals surface area contributed by atoms with E-state index in [-0.39, 0.29) is 52.7 Å². The number of amides is 1. The van der Waals surface area contributed by atoms with Gasteiger partial charge >= 0.3 is 0 Å². The number of primary amides is 1. The van der Waals surface area contributed by atoms with Crippen LogP contribution in [0.3, 0.4) is 0 Å². The molecule has 0 bridgehead atoms. The molecule has 1 atom stereocenters. The molecule has 188 valence electrons. The average Bonchev–Trinajstić information content (AvgIpc) is 3.32. The van der Waals surface area contributed by atoms with Crippen molar-refractivity contribution in [3.63, 3.8) is 0 Å². The molecule has 1 saturated heterocycles. The first-order valence-corrected chi connectivity index (χ1v) is 12.3. The van der Waals surface area contributed by atoms with E-state index < -0.39 is 5.41 Å². The van der Waals surface area contributed by atoms with Crippen LogP contribution in [0.5, 0.6) is 0 Å². The third kappa shape index (κ3) is 9.76. The Morgan fingerprint density at radius 3 is 1.67 bits per heavy atom. The first-order valence-electron chi connectivity index (χ1n) is 12.3. The molecular formula is C28H46N2ORe2. The average molecular weight is 799 g/mol. The van der Waals surface area contributed by atoms with Gasteiger partial charge in [-0.2, -0.15) is 0 Å². The van der Waals surface area contributed by atoms with E-state index in [0.717, 1.165) is 37.2 Å². The van der Waals surface area contributed by atoms with Gasteiger partial charge in [-0.15, -0.1) is 0 Å². The molecule has 0 spiro atoms. The Bertz CT molecular complexity index is 656. The van der Waals surface area contributed by atoms with Crippen molar-refractivity contribution in [1.82, 2.24) is 4.90 Å². The number of nitrogens with two attached hydrogens (primary N) is 1. The van der Waals surface area contributed by atoms with Gasteiger partial charge in [-0.3, -0.25) is 4.79 Å². The maximum atomic E-state index is 12.9. The van der Waals surface area contributed by atoms with Gasteiger partial charge in [0.05, 0.1) is 0 Å². The number of likely N-dealkylation sites (tertiary alicyclic amines) is 1. The maximum absolute atomic E-state index is 12.9. The van der Waals surface area contributed by atoms with E-state index in [9.17, 15) is 4.79 Å². The van der Waals surface area contributed by atoms with Gasteiger partial charge in [0.1, 0.15) is 5.41 Å². The molecule has 1 fully saturated rings. The number of benzene rings is 2. The molecule has 1 amide bonds. The SMILES string of the molecule is CC.CC.CC.CCCCN1CCC(C(C(N)=O)(c2ccccc2)c2ccccc2)C1.[Re].[Re]. The number of carbonyl (C=O) groups is 1. The summed E-state index contributed by atoms with van der Waals surface area (Å²) in [5.74, 6) is -0.0427. The van der Waals surface area contributed by atoms with Crippen molar-refractivity contribution in [1.29, 1.82) is 0 Å². The molecular weight excluding hydrogens is 753 g/mol. The Balaban J connectivity index is -0.00000104. The molecule has 5 heteroatoms. The van der Waals surface area contributed by atoms with Crippen molar-refractivity contribution in [3.8, 4) is 0 Å². The van der Waals surface area contributed by atoms with Crippen molar-refractivity contribution in [2.24, 2.45) is 11.7 Å². The molecule has 3 rings (SSSR count). The first kappa shape index (κ1) is 36.8. The molecule has 0 saturated carbocycles. The van der Waals surface area contributed by atoms with Gasteiger partial charge in [0.2, 0.25) is 5.91 Å². The van der Waals surface area contributed by atoms with Crippen LogP contribution in [0.2, 0.25) is 0 Å². The summed E-state index contributed by atoms with van der Waals surface area (Å²) in [5.41, 5.74) is 7.36. The minimum Gasteiger partial charge on any atom is -0.369 e. The van der Waals surface area contributed by atoms with Crippen LogP contribution in [-0.2, 0) is 51.1 Å². The van der Waals surface area contributed by atoms with Crippen molar-refractivity contribution in [2.75, 3.05) is 19.6 Å². The minimum atomic E-state index is -0.760. The molecule has 0 aliphatic carbocycles. The zero-order chi connectivity index (χ0) is 23.7. The van der Waals surface area contributed by atoms with E-state index >= 15 is 0 Å². The summed E-state index contributed by atoms with van der Waals surface area (Å²) in [5, 5.41) is 0. The van der Waals surface area contributed by atoms with Crippen LogP contribution >= 0.6 is 0 Å². The first-order chi connectivity index (χ1) is 15.2. The Morgan fingerprint density at radius 2 is 1.30 bits per heavy atom. The molecule has 1 aliphatic rings. The van der Waals surface area contributed by atoms with Gasteiger partial charge < -0.3 is 10.6 Å². The molecule has 2 aromatic rings. The molecule has 0 aromatic heterocycles. The van der Waals surface area contributed by atoms with Crippen LogP contribution in [0, 0.1) is 5.92 Å². The van der Waals surface area contributed by atoms with E-state index in [1.54, 1.807) is 0 Å². The summed E-state index contributed by atoms with van der Waals surface area (Å²) in [7, 11) is 0. The molecule has 33 heavy (non-hydrogen) atoms. The smallest absolute Gasteiger partial charge is 0.232 e. The third-order valence-electron chi connectivity index (χ3n) is 5.56. The van der Waals surface area contributed by atoms with Crippen LogP contribution in [-0.4, -0.2) is 30.4 Å². The standard InChI is InChI=1S/C22H28N2O.3C2H6.2Re/c1-2-3-15-24-16-14-20(17-24)22(21(23)25,18-10-6-4-7-11-18)19-12-8-5-9-13-19;3*1-2;;/h4-13,20H,2-3,14-17H2,1H3,(H2,23,25);3*1-2H3;;. The normalized spacial score (nSPS) is 14.5. The second-order valence-corrected chi connectivity index (χ2v) is 7.04. The van der Waals surface area contributed by atoms with Crippen LogP contribution in [0.25, 0.3) is 0 Å². The monoisotopic (exact) mass is 800 g/mol. The Labute approximate surface area is 231 Å². The van der Waals surface area contributed by atoms with Crippen LogP contribution in [0.4, 0.5) is 0 Å². The maximum Gasteiger partial charge on any atom is 0.232 e. The summed E-state index contributed by atoms with van der Waals surface area (Å²) in [6.45, 7) is 17.3. The zero-order valence-corrected chi connectivity index (χ0v) is 27.2. The second-order valence-electron chi connectivity index (χ2n) is 7.04. The van der Waals surface area contributed by atoms with Crippen molar-refractivity contribution in [2.45, 2.75) is 73.1 Å². The number of hydrogen-bond acceptors (Lipinski definition) is 2. The van der Waals surface area contributed by atoms with Gasteiger partial charge in [0, 0.05) is 47.4 Å². The van der Waals surface area contributed by atoms with Gasteiger partial charge in [-0.1, -0.05) is 116 Å². The summed E-state index contributed by atoms with van der Waals surface area (Å²) in [4.78, 5) is 15.4. The molecule has 2 aromatic carbocycles. The molecule has 3 nitrogen and oxygen atoms in total. The van der Waals surface area contributed by atoms with Gasteiger partial charge in [0.15, 0.2) is 0 Å². The van der Waals surface area contributed by atoms with Gasteiger partial charge in [-0.05, 0) is 43.0 Å². The topological polar surface area (TPSA) is 46.3 Å². The Kier molecular flexibility index (Phi) is 24.2. The van der Waals surface area contributed by atoms with E-state index in [1.165, 1.54) is 12.8 Å². The summed E-state index contributed by atoms with van der Waals surface area (Å²) in [6, 6.07) is 20.2. The Hall–Kier alpha value is -0.805. The van der Waals surface area contributed by atoms with Gasteiger partial charge in [0.25, 0.3) is 0 Å². The number of unbranched alkanes of at least 4 members (excludes halogenated alkanes) is 1. The predicted octanol–water partition coefficient (Wildman–Crippen LogP) is 6.65. The number of rotatable bonds is 7. The molecule has 2 N–H and O–H groups in total. The van der Waals surface area contributed by atoms with E-state index in [0.29, 0.717) is 0 Å². The van der Waals surface area contributed by atoms with Crippen LogP contribution < -0.4 is 5.73 Å². The zero-order valence-electron chi connectivity index (χ0n) is 21.8. The largest absolute Gasteiger partial charge is 0.369 e. The molecule has 1 heterocycles. The van der Waals surface area contributed by atoms with Crippen molar-refractivity contribution < 1.29 is 45.6 Å². The van der Waals surface area contributed by atoms with E-state index in [2.05, 4.69) is 11.8 Å². The Morgan fingerprint density at radius 1 is 0.879 bits per heavy atom. The molecule has 1 unspecified atom stereocenters. The fraction of sp³-hybridized carbons (Fsp3) is 0.536. The van der Waals surface area contributed by atoms with E-state index in [1.807, 2.05) is 102 Å². The third-order valence-corrected chi connectivity index (χ3v) is 5.56. The number of hydrogen-bond donors (Lipinski definition) is 1. The number of carbonyl (C=O) groups excluding carboxylic acids is 1. The predicted molar refractivity (Wildman–Crippen MR) is 136 cm³/mol. The minimum absolute atomic E-state index is 0.